The average Bonchev–Trinajstić information content (AvgIpc) is 4.18. The molecule has 5 heteroatoms. The Morgan fingerprint density at radius 3 is 0.686 bits per heavy atom. The van der Waals surface area contributed by atoms with Crippen LogP contribution in [0.1, 0.15) is 0 Å². The van der Waals surface area contributed by atoms with Gasteiger partial charge >= 0.3 is 291 Å². The molecule has 8 unspecified atom stereocenters. The van der Waals surface area contributed by atoms with E-state index < -0.39 is 20.6 Å². The van der Waals surface area contributed by atoms with Crippen molar-refractivity contribution in [2.24, 2.45) is 9.49 Å². The molecule has 6 aromatic rings. The van der Waals surface area contributed by atoms with Crippen molar-refractivity contribution in [3.05, 3.63) is 182 Å². The number of hydrogen-bond acceptors (Lipinski definition) is 2. The summed E-state index contributed by atoms with van der Waals surface area (Å²) in [4.78, 5) is 7.91. The van der Waals surface area contributed by atoms with Gasteiger partial charge < -0.3 is 0 Å². The van der Waals surface area contributed by atoms with E-state index in [9.17, 15) is 0 Å². The zero-order chi connectivity index (χ0) is 33.0. The van der Waals surface area contributed by atoms with Crippen LogP contribution >= 0.6 is 14.1 Å². The Morgan fingerprint density at radius 2 is 0.510 bits per heavy atom. The standard InChI is InChI=1S/2C23H19NP.Fe/c2*1-4-14-21(15-5-1)25(22-16-6-2-7-17-22,23-18-8-3-9-19-23)24-20-12-10-11-13-20;/h2*1-19H;. The Labute approximate surface area is 289 Å². The van der Waals surface area contributed by atoms with Crippen LogP contribution in [0.5, 0.6) is 0 Å². The van der Waals surface area contributed by atoms with Gasteiger partial charge in [0.05, 0.1) is 0 Å². The van der Waals surface area contributed by atoms with Gasteiger partial charge in [0.15, 0.2) is 0 Å². The van der Waals surface area contributed by atoms with E-state index >= 15 is 0 Å². The molecule has 10 aliphatic heterocycles. The first kappa shape index (κ1) is 26.1. The summed E-state index contributed by atoms with van der Waals surface area (Å²) in [5, 5.41) is 8.61. The second-order valence-corrected chi connectivity index (χ2v) is 48.4. The molecule has 0 bridgehead atoms. The van der Waals surface area contributed by atoms with Gasteiger partial charge in [0, 0.05) is 0 Å². The fourth-order valence-corrected chi connectivity index (χ4v) is 107. The number of rotatable bonds is 8. The fraction of sp³-hybridized carbons (Fsp3) is 0.217. The molecular weight excluding hydrogens is 698 g/mol. The van der Waals surface area contributed by atoms with Gasteiger partial charge in [-0.25, -0.2) is 0 Å². The van der Waals surface area contributed by atoms with Crippen LogP contribution < -0.4 is 31.8 Å². The van der Waals surface area contributed by atoms with Crippen molar-refractivity contribution in [3.8, 4) is 0 Å². The summed E-state index contributed by atoms with van der Waals surface area (Å²) in [5.41, 5.74) is 0. The van der Waals surface area contributed by atoms with Crippen molar-refractivity contribution in [1.82, 2.24) is 0 Å². The molecule has 10 fully saturated rings. The Morgan fingerprint density at radius 1 is 0.314 bits per heavy atom. The summed E-state index contributed by atoms with van der Waals surface area (Å²) in [5.74, 6) is 0. The van der Waals surface area contributed by atoms with E-state index in [1.807, 2.05) is 0 Å². The molecule has 1 spiro atoms. The molecule has 51 heavy (non-hydrogen) atoms. The van der Waals surface area contributed by atoms with E-state index in [2.05, 4.69) is 182 Å². The summed E-state index contributed by atoms with van der Waals surface area (Å²) >= 11 is 0. The molecule has 8 atom stereocenters. The first-order valence-electron chi connectivity index (χ1n) is 18.8. The average molecular weight is 737 g/mol. The van der Waals surface area contributed by atoms with Crippen LogP contribution in [0.25, 0.3) is 0 Å². The van der Waals surface area contributed by atoms with Crippen molar-refractivity contribution in [3.63, 3.8) is 0 Å². The predicted molar refractivity (Wildman–Crippen MR) is 211 cm³/mol. The first-order valence-corrected chi connectivity index (χ1v) is 28.5. The Bertz CT molecular complexity index is 2670. The third kappa shape index (κ3) is 0.897. The summed E-state index contributed by atoms with van der Waals surface area (Å²) in [6, 6.07) is 69.3. The molecule has 0 aromatic heterocycles. The molecular formula is C46H38FeN2P2. The van der Waals surface area contributed by atoms with E-state index in [0.717, 1.165) is 38.5 Å². The molecule has 16 rings (SSSR count). The monoisotopic (exact) mass is 736 g/mol. The molecule has 0 radical (unpaired) electrons. The van der Waals surface area contributed by atoms with Gasteiger partial charge in [-0.05, 0) is 0 Å². The summed E-state index contributed by atoms with van der Waals surface area (Å²) < 4.78 is 14.3. The third-order valence-corrected chi connectivity index (χ3v) is 72.0. The number of fused-ring (bicyclic) bond motifs is 10. The van der Waals surface area contributed by atoms with E-state index in [-0.39, 0.29) is 8.87 Å². The van der Waals surface area contributed by atoms with Gasteiger partial charge in [-0.15, -0.1) is 0 Å². The molecule has 2 nitrogen and oxygen atoms in total. The Balaban J connectivity index is 1.05. The minimum atomic E-state index is -4.38. The van der Waals surface area contributed by atoms with Gasteiger partial charge in [-0.2, -0.15) is 0 Å². The van der Waals surface area contributed by atoms with Crippen molar-refractivity contribution in [2.45, 2.75) is 47.4 Å². The van der Waals surface area contributed by atoms with E-state index in [0.29, 0.717) is 0 Å². The number of benzene rings is 6. The van der Waals surface area contributed by atoms with E-state index in [1.54, 1.807) is 0 Å². The molecule has 0 amide bonds. The van der Waals surface area contributed by atoms with Gasteiger partial charge in [-0.3, -0.25) is 0 Å². The van der Waals surface area contributed by atoms with Crippen LogP contribution in [-0.4, -0.2) is 8.87 Å². The van der Waals surface area contributed by atoms with Gasteiger partial charge in [0.2, 0.25) is 0 Å². The summed E-state index contributed by atoms with van der Waals surface area (Å²) in [7, 11) is -4.59. The van der Waals surface area contributed by atoms with Crippen LogP contribution in [-0.2, 0) is 6.51 Å². The zero-order valence-corrected chi connectivity index (χ0v) is 31.0. The van der Waals surface area contributed by atoms with Crippen molar-refractivity contribution in [1.29, 1.82) is 0 Å². The van der Waals surface area contributed by atoms with Crippen LogP contribution in [0, 0.1) is 0 Å². The normalized spacial score (nSPS) is 49.2. The predicted octanol–water partition coefficient (Wildman–Crippen LogP) is 9.55. The second kappa shape index (κ2) is 4.90. The maximum absolute atomic E-state index is 6.87. The maximum atomic E-state index is 6.87. The Kier molecular flexibility index (Phi) is 2.51. The van der Waals surface area contributed by atoms with Crippen LogP contribution in [0.2, 0.25) is 38.5 Å². The molecule has 0 aliphatic carbocycles. The van der Waals surface area contributed by atoms with Crippen LogP contribution in [0.15, 0.2) is 191 Å². The number of nitrogens with zero attached hydrogens (tertiary/aromatic N) is 2. The molecule has 0 saturated carbocycles. The molecule has 10 aliphatic rings. The molecule has 0 N–H and O–H groups in total. The summed E-state index contributed by atoms with van der Waals surface area (Å²) in [6.45, 7) is -4.38. The van der Waals surface area contributed by atoms with E-state index in [4.69, 9.17) is 9.49 Å². The zero-order valence-electron chi connectivity index (χ0n) is 28.1. The molecule has 6 aromatic carbocycles. The minimum absolute atomic E-state index is 0.257. The van der Waals surface area contributed by atoms with Crippen molar-refractivity contribution in [2.75, 3.05) is 0 Å². The third-order valence-electron chi connectivity index (χ3n) is 22.1. The van der Waals surface area contributed by atoms with Crippen molar-refractivity contribution >= 4 is 45.9 Å². The molecule has 250 valence electrons. The first-order chi connectivity index (χ1) is 25.0. The molecule has 10 saturated heterocycles. The van der Waals surface area contributed by atoms with Gasteiger partial charge in [-0.1, -0.05) is 0 Å². The number of hydrogen-bond donors (Lipinski definition) is 0. The van der Waals surface area contributed by atoms with E-state index in [1.165, 1.54) is 31.8 Å². The van der Waals surface area contributed by atoms with Crippen LogP contribution in [0.3, 0.4) is 0 Å². The molecule has 10 heterocycles. The SMILES string of the molecule is c1ccc(P(=N[C]23[CH]4[CH]5[CH]6[CH]2[Fe]56432789[CH]3[CH]2[CH]7[C]8(N=P(c2ccccc2)(c2ccccc2)c2ccccc2)[CH]39)(c2ccccc2)c2ccccc2)cc1. The van der Waals surface area contributed by atoms with Gasteiger partial charge in [0.1, 0.15) is 0 Å². The Hall–Kier alpha value is -3.70. The topological polar surface area (TPSA) is 24.7 Å². The van der Waals surface area contributed by atoms with Gasteiger partial charge in [0.25, 0.3) is 0 Å². The van der Waals surface area contributed by atoms with Crippen LogP contribution in [0.4, 0.5) is 0 Å². The van der Waals surface area contributed by atoms with Crippen molar-refractivity contribution < 1.29 is 6.51 Å². The fourth-order valence-electron chi connectivity index (χ4n) is 22.4. The summed E-state index contributed by atoms with van der Waals surface area (Å²) in [6.07, 6.45) is 0. The quantitative estimate of drug-likeness (QED) is 0.110. The second-order valence-electron chi connectivity index (χ2n) is 19.2.